The molecule has 1 N–H and O–H groups in total. The number of carboxylic acids is 1. The first-order valence-electron chi connectivity index (χ1n) is 7.05. The Balaban J connectivity index is 2.35. The van der Waals surface area contributed by atoms with E-state index >= 15 is 0 Å². The normalized spacial score (nSPS) is 17.4. The van der Waals surface area contributed by atoms with Crippen LogP contribution in [0.15, 0.2) is 23.1 Å². The molecule has 22 heavy (non-hydrogen) atoms. The van der Waals surface area contributed by atoms with Crippen molar-refractivity contribution in [1.29, 1.82) is 0 Å². The van der Waals surface area contributed by atoms with Gasteiger partial charge in [0.25, 0.3) is 0 Å². The van der Waals surface area contributed by atoms with E-state index in [0.717, 1.165) is 0 Å². The predicted octanol–water partition coefficient (Wildman–Crippen LogP) is 0.720. The molecule has 2 rings (SSSR count). The van der Waals surface area contributed by atoms with Crippen molar-refractivity contribution in [3.63, 3.8) is 0 Å². The number of carbonyl (C=O) groups is 1. The van der Waals surface area contributed by atoms with Gasteiger partial charge in [0.15, 0.2) is 0 Å². The highest BCUT2D eigenvalue weighted by atomic mass is 32.2. The molecule has 1 saturated heterocycles. The number of piperazine rings is 1. The van der Waals surface area contributed by atoms with E-state index in [4.69, 9.17) is 4.74 Å². The highest BCUT2D eigenvalue weighted by molar-refractivity contribution is 7.89. The number of benzene rings is 1. The van der Waals surface area contributed by atoms with Gasteiger partial charge in [0.2, 0.25) is 10.0 Å². The van der Waals surface area contributed by atoms with E-state index in [1.54, 1.807) is 6.92 Å². The summed E-state index contributed by atoms with van der Waals surface area (Å²) >= 11 is 0. The molecule has 0 atom stereocenters. The molecule has 0 radical (unpaired) electrons. The number of aromatic carboxylic acids is 1. The lowest BCUT2D eigenvalue weighted by atomic mass is 10.2. The number of carboxylic acid groups (broad SMARTS) is 1. The van der Waals surface area contributed by atoms with E-state index in [1.165, 1.54) is 22.5 Å². The molecule has 1 heterocycles. The molecule has 1 fully saturated rings. The molecule has 122 valence electrons. The van der Waals surface area contributed by atoms with Crippen molar-refractivity contribution in [1.82, 2.24) is 9.21 Å². The number of hydrogen-bond donors (Lipinski definition) is 1. The third-order valence-electron chi connectivity index (χ3n) is 3.58. The van der Waals surface area contributed by atoms with Crippen LogP contribution in [0.25, 0.3) is 0 Å². The van der Waals surface area contributed by atoms with Gasteiger partial charge in [0.05, 0.1) is 11.5 Å². The molecule has 7 nitrogen and oxygen atoms in total. The van der Waals surface area contributed by atoms with Crippen molar-refractivity contribution in [2.24, 2.45) is 0 Å². The van der Waals surface area contributed by atoms with E-state index < -0.39 is 16.0 Å². The molecular weight excluding hydrogens is 308 g/mol. The molecule has 0 spiro atoms. The fraction of sp³-hybridized carbons (Fsp3) is 0.500. The van der Waals surface area contributed by atoms with Crippen molar-refractivity contribution in [3.8, 4) is 5.75 Å². The Labute approximate surface area is 130 Å². The van der Waals surface area contributed by atoms with Crippen molar-refractivity contribution < 1.29 is 23.1 Å². The average Bonchev–Trinajstić information content (AvgIpc) is 2.48. The maximum Gasteiger partial charge on any atom is 0.339 e. The zero-order valence-corrected chi connectivity index (χ0v) is 13.5. The summed E-state index contributed by atoms with van der Waals surface area (Å²) in [4.78, 5) is 13.3. The summed E-state index contributed by atoms with van der Waals surface area (Å²) in [6, 6.07) is 3.96. The van der Waals surface area contributed by atoms with Crippen molar-refractivity contribution in [3.05, 3.63) is 23.8 Å². The Bertz CT molecular complexity index is 651. The molecule has 0 saturated carbocycles. The van der Waals surface area contributed by atoms with Crippen LogP contribution < -0.4 is 4.74 Å². The third kappa shape index (κ3) is 3.40. The van der Waals surface area contributed by atoms with Crippen LogP contribution in [0.5, 0.6) is 5.75 Å². The molecule has 8 heteroatoms. The van der Waals surface area contributed by atoms with Gasteiger partial charge < -0.3 is 14.7 Å². The van der Waals surface area contributed by atoms with E-state index in [1.807, 2.05) is 11.9 Å². The van der Waals surface area contributed by atoms with Crippen LogP contribution >= 0.6 is 0 Å². The second-order valence-corrected chi connectivity index (χ2v) is 7.04. The summed E-state index contributed by atoms with van der Waals surface area (Å²) < 4.78 is 31.8. The molecule has 0 amide bonds. The first-order chi connectivity index (χ1) is 10.4. The number of likely N-dealkylation sites (N-methyl/N-ethyl adjacent to an activating group) is 1. The van der Waals surface area contributed by atoms with Gasteiger partial charge in [-0.15, -0.1) is 0 Å². The molecule has 1 aliphatic rings. The lowest BCUT2D eigenvalue weighted by molar-refractivity contribution is 0.0692. The fourth-order valence-corrected chi connectivity index (χ4v) is 3.74. The summed E-state index contributed by atoms with van der Waals surface area (Å²) in [6.07, 6.45) is 0. The van der Waals surface area contributed by atoms with Gasteiger partial charge in [0.1, 0.15) is 11.3 Å². The standard InChI is InChI=1S/C14H20N2O5S/c1-3-21-13-5-4-11(10-12(13)14(17)18)22(19,20)16-8-6-15(2)7-9-16/h4-5,10H,3,6-9H2,1-2H3,(H,17,18). The van der Waals surface area contributed by atoms with E-state index in [0.29, 0.717) is 32.8 Å². The zero-order valence-electron chi connectivity index (χ0n) is 12.7. The summed E-state index contributed by atoms with van der Waals surface area (Å²) in [7, 11) is -1.75. The minimum atomic E-state index is -3.69. The van der Waals surface area contributed by atoms with E-state index in [2.05, 4.69) is 0 Å². The minimum absolute atomic E-state index is 0.0158. The largest absolute Gasteiger partial charge is 0.493 e. The van der Waals surface area contributed by atoms with Gasteiger partial charge in [0, 0.05) is 26.2 Å². The van der Waals surface area contributed by atoms with Crippen LogP contribution in [-0.2, 0) is 10.0 Å². The summed E-state index contributed by atoms with van der Waals surface area (Å²) in [6.45, 7) is 4.15. The summed E-state index contributed by atoms with van der Waals surface area (Å²) in [5.74, 6) is -1.04. The fourth-order valence-electron chi connectivity index (χ4n) is 2.30. The lowest BCUT2D eigenvalue weighted by Gasteiger charge is -2.31. The number of ether oxygens (including phenoxy) is 1. The molecular formula is C14H20N2O5S. The molecule has 1 aromatic carbocycles. The smallest absolute Gasteiger partial charge is 0.339 e. The van der Waals surface area contributed by atoms with Crippen LogP contribution in [0.1, 0.15) is 17.3 Å². The van der Waals surface area contributed by atoms with Gasteiger partial charge in [-0.05, 0) is 32.2 Å². The number of hydrogen-bond acceptors (Lipinski definition) is 5. The maximum atomic E-state index is 12.6. The van der Waals surface area contributed by atoms with Gasteiger partial charge in [-0.3, -0.25) is 0 Å². The molecule has 0 aliphatic carbocycles. The number of sulfonamides is 1. The average molecular weight is 328 g/mol. The van der Waals surface area contributed by atoms with Crippen LogP contribution in [0, 0.1) is 0 Å². The monoisotopic (exact) mass is 328 g/mol. The highest BCUT2D eigenvalue weighted by Gasteiger charge is 2.28. The van der Waals surface area contributed by atoms with Crippen molar-refractivity contribution in [2.75, 3.05) is 39.8 Å². The number of nitrogens with zero attached hydrogens (tertiary/aromatic N) is 2. The van der Waals surface area contributed by atoms with Crippen LogP contribution in [0.2, 0.25) is 0 Å². The van der Waals surface area contributed by atoms with Crippen LogP contribution in [-0.4, -0.2) is 68.5 Å². The quantitative estimate of drug-likeness (QED) is 0.857. The lowest BCUT2D eigenvalue weighted by Crippen LogP contribution is -2.47. The van der Waals surface area contributed by atoms with Gasteiger partial charge >= 0.3 is 5.97 Å². The van der Waals surface area contributed by atoms with Crippen molar-refractivity contribution in [2.45, 2.75) is 11.8 Å². The highest BCUT2D eigenvalue weighted by Crippen LogP contribution is 2.25. The Hall–Kier alpha value is -1.64. The van der Waals surface area contributed by atoms with Gasteiger partial charge in [-0.2, -0.15) is 4.31 Å². The third-order valence-corrected chi connectivity index (χ3v) is 5.48. The second-order valence-electron chi connectivity index (χ2n) is 5.10. The van der Waals surface area contributed by atoms with Gasteiger partial charge in [-0.25, -0.2) is 13.2 Å². The zero-order chi connectivity index (χ0) is 16.3. The molecule has 1 aliphatic heterocycles. The first kappa shape index (κ1) is 16.7. The Kier molecular flexibility index (Phi) is 5.05. The molecule has 0 aromatic heterocycles. The maximum absolute atomic E-state index is 12.6. The SMILES string of the molecule is CCOc1ccc(S(=O)(=O)N2CCN(C)CC2)cc1C(=O)O. The van der Waals surface area contributed by atoms with Crippen molar-refractivity contribution >= 4 is 16.0 Å². The molecule has 0 unspecified atom stereocenters. The Morgan fingerprint density at radius 2 is 1.91 bits per heavy atom. The molecule has 1 aromatic rings. The molecule has 0 bridgehead atoms. The summed E-state index contributed by atoms with van der Waals surface area (Å²) in [5, 5.41) is 9.23. The van der Waals surface area contributed by atoms with E-state index in [9.17, 15) is 18.3 Å². The Morgan fingerprint density at radius 3 is 2.45 bits per heavy atom. The first-order valence-corrected chi connectivity index (χ1v) is 8.49. The van der Waals surface area contributed by atoms with Crippen LogP contribution in [0.3, 0.4) is 0 Å². The number of rotatable bonds is 5. The van der Waals surface area contributed by atoms with Crippen LogP contribution in [0.4, 0.5) is 0 Å². The van der Waals surface area contributed by atoms with Gasteiger partial charge in [-0.1, -0.05) is 0 Å². The predicted molar refractivity (Wildman–Crippen MR) is 80.8 cm³/mol. The second kappa shape index (κ2) is 6.64. The Morgan fingerprint density at radius 1 is 1.27 bits per heavy atom. The topological polar surface area (TPSA) is 87.2 Å². The minimum Gasteiger partial charge on any atom is -0.493 e. The van der Waals surface area contributed by atoms with E-state index in [-0.39, 0.29) is 16.2 Å². The summed E-state index contributed by atoms with van der Waals surface area (Å²) in [5.41, 5.74) is -0.142.